The molecule has 2 atom stereocenters. The predicted molar refractivity (Wildman–Crippen MR) is 112 cm³/mol. The summed E-state index contributed by atoms with van der Waals surface area (Å²) in [7, 11) is 1.49. The van der Waals surface area contributed by atoms with E-state index in [0.29, 0.717) is 24.2 Å². The Balaban J connectivity index is 1.52. The number of imide groups is 1. The smallest absolute Gasteiger partial charge is 0.340 e. The summed E-state index contributed by atoms with van der Waals surface area (Å²) >= 11 is 0. The SMILES string of the molecule is COc1cccc(C(=O)COC(=O)c2ccccc2N2C(=O)[C@H]3CC=CC[C@@H]3C2=O)c1. The van der Waals surface area contributed by atoms with Crippen LogP contribution in [0.5, 0.6) is 5.75 Å². The van der Waals surface area contributed by atoms with Gasteiger partial charge in [-0.1, -0.05) is 36.4 Å². The highest BCUT2D eigenvalue weighted by molar-refractivity contribution is 6.24. The molecule has 2 aromatic carbocycles. The number of ketones is 1. The Morgan fingerprint density at radius 3 is 2.32 bits per heavy atom. The number of para-hydroxylation sites is 1. The van der Waals surface area contributed by atoms with E-state index in [4.69, 9.17) is 9.47 Å². The summed E-state index contributed by atoms with van der Waals surface area (Å²) in [6.07, 6.45) is 4.82. The Morgan fingerprint density at radius 2 is 1.65 bits per heavy atom. The molecule has 1 aliphatic carbocycles. The molecule has 2 amide bonds. The summed E-state index contributed by atoms with van der Waals surface area (Å²) in [6.45, 7) is -0.475. The number of carbonyl (C=O) groups excluding carboxylic acids is 4. The Bertz CT molecular complexity index is 1060. The molecule has 0 N–H and O–H groups in total. The zero-order valence-corrected chi connectivity index (χ0v) is 16.9. The third-order valence-electron chi connectivity index (χ3n) is 5.60. The average molecular weight is 419 g/mol. The van der Waals surface area contributed by atoms with Gasteiger partial charge in [-0.25, -0.2) is 9.69 Å². The highest BCUT2D eigenvalue weighted by atomic mass is 16.5. The second-order valence-electron chi connectivity index (χ2n) is 7.42. The number of carbonyl (C=O) groups is 4. The molecule has 1 heterocycles. The Kier molecular flexibility index (Phi) is 5.66. The van der Waals surface area contributed by atoms with Crippen LogP contribution in [0.4, 0.5) is 5.69 Å². The fourth-order valence-corrected chi connectivity index (χ4v) is 3.97. The van der Waals surface area contributed by atoms with Crippen molar-refractivity contribution in [3.63, 3.8) is 0 Å². The van der Waals surface area contributed by atoms with Crippen LogP contribution in [0.25, 0.3) is 0 Å². The van der Waals surface area contributed by atoms with Gasteiger partial charge in [-0.2, -0.15) is 0 Å². The number of esters is 1. The predicted octanol–water partition coefficient (Wildman–Crippen LogP) is 3.19. The maximum atomic E-state index is 12.9. The molecule has 0 saturated carbocycles. The van der Waals surface area contributed by atoms with E-state index in [9.17, 15) is 19.2 Å². The van der Waals surface area contributed by atoms with Gasteiger partial charge in [-0.15, -0.1) is 0 Å². The Hall–Kier alpha value is -3.74. The first-order chi connectivity index (χ1) is 15.0. The zero-order chi connectivity index (χ0) is 22.0. The molecule has 0 aromatic heterocycles. The van der Waals surface area contributed by atoms with Crippen molar-refractivity contribution < 1.29 is 28.7 Å². The van der Waals surface area contributed by atoms with Gasteiger partial charge in [-0.3, -0.25) is 14.4 Å². The van der Waals surface area contributed by atoms with Crippen LogP contribution in [0.1, 0.15) is 33.6 Å². The van der Waals surface area contributed by atoms with Gasteiger partial charge in [0.15, 0.2) is 12.4 Å². The normalized spacial score (nSPS) is 19.8. The van der Waals surface area contributed by atoms with E-state index in [-0.39, 0.29) is 23.1 Å². The minimum atomic E-state index is -0.777. The lowest BCUT2D eigenvalue weighted by atomic mass is 9.85. The molecule has 7 nitrogen and oxygen atoms in total. The Morgan fingerprint density at radius 1 is 0.968 bits per heavy atom. The topological polar surface area (TPSA) is 90.0 Å². The number of allylic oxidation sites excluding steroid dienone is 2. The summed E-state index contributed by atoms with van der Waals surface area (Å²) in [5.41, 5.74) is 0.599. The molecular formula is C24H21NO6. The first-order valence-corrected chi connectivity index (χ1v) is 9.97. The third kappa shape index (κ3) is 3.86. The van der Waals surface area contributed by atoms with Crippen LogP contribution in [0, 0.1) is 11.8 Å². The molecule has 0 unspecified atom stereocenters. The average Bonchev–Trinajstić information content (AvgIpc) is 3.07. The van der Waals surface area contributed by atoms with Crippen LogP contribution in [-0.2, 0) is 14.3 Å². The number of nitrogens with zero attached hydrogens (tertiary/aromatic N) is 1. The number of ether oxygens (including phenoxy) is 2. The van der Waals surface area contributed by atoms with Crippen molar-refractivity contribution in [3.05, 3.63) is 71.8 Å². The number of hydrogen-bond acceptors (Lipinski definition) is 6. The van der Waals surface area contributed by atoms with Crippen LogP contribution in [0.2, 0.25) is 0 Å². The molecule has 4 rings (SSSR count). The van der Waals surface area contributed by atoms with E-state index < -0.39 is 30.2 Å². The van der Waals surface area contributed by atoms with Crippen molar-refractivity contribution in [1.82, 2.24) is 0 Å². The lowest BCUT2D eigenvalue weighted by Crippen LogP contribution is -2.32. The van der Waals surface area contributed by atoms with Crippen molar-refractivity contribution in [3.8, 4) is 5.75 Å². The van der Waals surface area contributed by atoms with E-state index in [1.54, 1.807) is 42.5 Å². The maximum absolute atomic E-state index is 12.9. The van der Waals surface area contributed by atoms with Crippen molar-refractivity contribution in [1.29, 1.82) is 0 Å². The van der Waals surface area contributed by atoms with Crippen LogP contribution in [0.15, 0.2) is 60.7 Å². The molecule has 1 saturated heterocycles. The number of methoxy groups -OCH3 is 1. The molecular weight excluding hydrogens is 398 g/mol. The number of fused-ring (bicyclic) bond motifs is 1. The number of benzene rings is 2. The first kappa shape index (κ1) is 20.5. The van der Waals surface area contributed by atoms with E-state index in [2.05, 4.69) is 0 Å². The molecule has 0 bridgehead atoms. The highest BCUT2D eigenvalue weighted by Gasteiger charge is 2.48. The fourth-order valence-electron chi connectivity index (χ4n) is 3.97. The minimum Gasteiger partial charge on any atom is -0.497 e. The first-order valence-electron chi connectivity index (χ1n) is 9.97. The van der Waals surface area contributed by atoms with Crippen molar-refractivity contribution in [2.45, 2.75) is 12.8 Å². The Labute approximate surface area is 179 Å². The lowest BCUT2D eigenvalue weighted by molar-refractivity contribution is -0.122. The summed E-state index contributed by atoms with van der Waals surface area (Å²) < 4.78 is 10.3. The molecule has 1 aliphatic heterocycles. The highest BCUT2D eigenvalue weighted by Crippen LogP contribution is 2.38. The zero-order valence-electron chi connectivity index (χ0n) is 16.9. The van der Waals surface area contributed by atoms with Gasteiger partial charge in [0.1, 0.15) is 5.75 Å². The van der Waals surface area contributed by atoms with Crippen LogP contribution < -0.4 is 9.64 Å². The van der Waals surface area contributed by atoms with Gasteiger partial charge in [0.05, 0.1) is 30.2 Å². The number of Topliss-reactive ketones (excluding diaryl/α,β-unsaturated/α-hetero) is 1. The molecule has 0 spiro atoms. The van der Waals surface area contributed by atoms with Crippen molar-refractivity contribution >= 4 is 29.3 Å². The second kappa shape index (κ2) is 8.55. The summed E-state index contributed by atoms with van der Waals surface area (Å²) in [5.74, 6) is -2.09. The fraction of sp³-hybridized carbons (Fsp3) is 0.250. The van der Waals surface area contributed by atoms with Crippen molar-refractivity contribution in [2.24, 2.45) is 11.8 Å². The van der Waals surface area contributed by atoms with Gasteiger partial charge in [-0.05, 0) is 37.1 Å². The number of rotatable bonds is 6. The molecule has 158 valence electrons. The molecule has 7 heteroatoms. The third-order valence-corrected chi connectivity index (χ3v) is 5.60. The van der Waals surface area contributed by atoms with Gasteiger partial charge in [0.2, 0.25) is 11.8 Å². The van der Waals surface area contributed by atoms with Crippen LogP contribution in [0.3, 0.4) is 0 Å². The van der Waals surface area contributed by atoms with Gasteiger partial charge in [0, 0.05) is 5.56 Å². The second-order valence-corrected chi connectivity index (χ2v) is 7.42. The number of amides is 2. The summed E-state index contributed by atoms with van der Waals surface area (Å²) in [6, 6.07) is 12.8. The summed E-state index contributed by atoms with van der Waals surface area (Å²) in [5, 5.41) is 0. The van der Waals surface area contributed by atoms with Gasteiger partial charge < -0.3 is 9.47 Å². The molecule has 2 aliphatic rings. The van der Waals surface area contributed by atoms with E-state index in [1.807, 2.05) is 12.2 Å². The van der Waals surface area contributed by atoms with Gasteiger partial charge in [0.25, 0.3) is 0 Å². The van der Waals surface area contributed by atoms with Crippen molar-refractivity contribution in [2.75, 3.05) is 18.6 Å². The van der Waals surface area contributed by atoms with E-state index in [0.717, 1.165) is 4.90 Å². The molecule has 31 heavy (non-hydrogen) atoms. The van der Waals surface area contributed by atoms with Crippen LogP contribution >= 0.6 is 0 Å². The standard InChI is InChI=1S/C24H21NO6/c1-30-16-8-6-7-15(13-16)21(26)14-31-24(29)19-11-4-5-12-20(19)25-22(27)17-9-2-3-10-18(17)23(25)28/h2-8,11-13,17-18H,9-10,14H2,1H3/t17-,18-/m0/s1. The summed E-state index contributed by atoms with van der Waals surface area (Å²) in [4.78, 5) is 52.0. The quantitative estimate of drug-likeness (QED) is 0.309. The number of hydrogen-bond donors (Lipinski definition) is 0. The number of anilines is 1. The molecule has 0 radical (unpaired) electrons. The largest absolute Gasteiger partial charge is 0.497 e. The van der Waals surface area contributed by atoms with E-state index in [1.165, 1.54) is 13.2 Å². The monoisotopic (exact) mass is 419 g/mol. The minimum absolute atomic E-state index is 0.0641. The van der Waals surface area contributed by atoms with E-state index >= 15 is 0 Å². The van der Waals surface area contributed by atoms with Gasteiger partial charge >= 0.3 is 5.97 Å². The lowest BCUT2D eigenvalue weighted by Gasteiger charge is -2.18. The molecule has 1 fully saturated rings. The maximum Gasteiger partial charge on any atom is 0.340 e. The van der Waals surface area contributed by atoms with Crippen LogP contribution in [-0.4, -0.2) is 37.3 Å². The molecule has 2 aromatic rings.